The van der Waals surface area contributed by atoms with Gasteiger partial charge in [-0.2, -0.15) is 0 Å². The molecule has 19 heavy (non-hydrogen) atoms. The van der Waals surface area contributed by atoms with Gasteiger partial charge in [0.2, 0.25) is 0 Å². The van der Waals surface area contributed by atoms with Crippen molar-refractivity contribution < 1.29 is 9.53 Å². The molecular weight excluding hydrogens is 244 g/mol. The number of primary amides is 1. The lowest BCUT2D eigenvalue weighted by Crippen LogP contribution is -2.25. The van der Waals surface area contributed by atoms with E-state index in [-0.39, 0.29) is 11.0 Å². The topological polar surface area (TPSA) is 74.3 Å². The van der Waals surface area contributed by atoms with Gasteiger partial charge in [0.1, 0.15) is 5.56 Å². The van der Waals surface area contributed by atoms with Crippen LogP contribution in [0.25, 0.3) is 0 Å². The fraction of sp³-hybridized carbons (Fsp3) is 0.571. The van der Waals surface area contributed by atoms with Gasteiger partial charge in [0.05, 0.1) is 0 Å². The third-order valence-corrected chi connectivity index (χ3v) is 3.73. The van der Waals surface area contributed by atoms with Gasteiger partial charge in [-0.3, -0.25) is 9.59 Å². The summed E-state index contributed by atoms with van der Waals surface area (Å²) in [6.45, 7) is 4.34. The second-order valence-electron chi connectivity index (χ2n) is 5.09. The fourth-order valence-electron chi connectivity index (χ4n) is 2.45. The Labute approximate surface area is 112 Å². The first-order valence-electron chi connectivity index (χ1n) is 6.66. The molecule has 1 aromatic rings. The van der Waals surface area contributed by atoms with Crippen LogP contribution in [0.2, 0.25) is 0 Å². The van der Waals surface area contributed by atoms with Crippen molar-refractivity contribution in [1.82, 2.24) is 4.57 Å². The fourth-order valence-corrected chi connectivity index (χ4v) is 2.45. The van der Waals surface area contributed by atoms with E-state index in [0.29, 0.717) is 5.92 Å². The van der Waals surface area contributed by atoms with Crippen molar-refractivity contribution in [1.29, 1.82) is 0 Å². The summed E-state index contributed by atoms with van der Waals surface area (Å²) >= 11 is 0. The van der Waals surface area contributed by atoms with E-state index in [1.165, 1.54) is 6.07 Å². The minimum Gasteiger partial charge on any atom is -0.381 e. The van der Waals surface area contributed by atoms with Crippen LogP contribution in [-0.4, -0.2) is 23.7 Å². The Hall–Kier alpha value is -1.62. The van der Waals surface area contributed by atoms with Gasteiger partial charge in [0.15, 0.2) is 5.43 Å². The zero-order valence-corrected chi connectivity index (χ0v) is 11.2. The van der Waals surface area contributed by atoms with Crippen LogP contribution in [0.15, 0.2) is 17.1 Å². The monoisotopic (exact) mass is 264 g/mol. The van der Waals surface area contributed by atoms with E-state index in [0.717, 1.165) is 44.7 Å². The number of nitrogens with zero attached hydrogens (tertiary/aromatic N) is 1. The molecule has 1 saturated heterocycles. The van der Waals surface area contributed by atoms with Crippen molar-refractivity contribution in [3.8, 4) is 0 Å². The molecule has 1 fully saturated rings. The molecule has 1 aliphatic rings. The SMILES string of the molecule is Cc1cc(=O)c(C(N)=O)cn1CCC1CCOCC1. The number of carbonyl (C=O) groups excluding carboxylic acids is 1. The first-order valence-corrected chi connectivity index (χ1v) is 6.66. The highest BCUT2D eigenvalue weighted by molar-refractivity contribution is 5.92. The summed E-state index contributed by atoms with van der Waals surface area (Å²) in [6.07, 6.45) is 4.79. The number of pyridine rings is 1. The quantitative estimate of drug-likeness (QED) is 0.884. The summed E-state index contributed by atoms with van der Waals surface area (Å²) in [6, 6.07) is 1.48. The predicted octanol–water partition coefficient (Wildman–Crippen LogP) is 1.07. The van der Waals surface area contributed by atoms with E-state index in [4.69, 9.17) is 10.5 Å². The minimum atomic E-state index is -0.662. The number of aryl methyl sites for hydroxylation is 2. The molecule has 1 aliphatic heterocycles. The van der Waals surface area contributed by atoms with E-state index in [2.05, 4.69) is 0 Å². The molecule has 0 radical (unpaired) electrons. The first-order chi connectivity index (χ1) is 9.08. The van der Waals surface area contributed by atoms with Gasteiger partial charge in [-0.25, -0.2) is 0 Å². The summed E-state index contributed by atoms with van der Waals surface area (Å²) in [5, 5.41) is 0. The third-order valence-electron chi connectivity index (χ3n) is 3.73. The number of hydrogen-bond acceptors (Lipinski definition) is 3. The highest BCUT2D eigenvalue weighted by Crippen LogP contribution is 2.19. The Kier molecular flexibility index (Phi) is 4.37. The molecule has 0 aliphatic carbocycles. The Bertz CT molecular complexity index is 516. The summed E-state index contributed by atoms with van der Waals surface area (Å²) in [5.41, 5.74) is 5.84. The molecule has 0 unspecified atom stereocenters. The standard InChI is InChI=1S/C14H20N2O3/c1-10-8-13(17)12(14(15)18)9-16(10)5-2-11-3-6-19-7-4-11/h8-9,11H,2-7H2,1H3,(H2,15,18). The van der Waals surface area contributed by atoms with Crippen molar-refractivity contribution in [3.63, 3.8) is 0 Å². The normalized spacial score (nSPS) is 16.5. The van der Waals surface area contributed by atoms with Gasteiger partial charge < -0.3 is 15.0 Å². The molecule has 0 spiro atoms. The van der Waals surface area contributed by atoms with Crippen LogP contribution < -0.4 is 11.2 Å². The van der Waals surface area contributed by atoms with E-state index in [9.17, 15) is 9.59 Å². The van der Waals surface area contributed by atoms with E-state index in [1.807, 2.05) is 11.5 Å². The number of rotatable bonds is 4. The lowest BCUT2D eigenvalue weighted by molar-refractivity contribution is 0.0625. The van der Waals surface area contributed by atoms with Crippen molar-refractivity contribution in [2.24, 2.45) is 11.7 Å². The number of amides is 1. The summed E-state index contributed by atoms with van der Waals surface area (Å²) in [5.74, 6) is -0.00516. The van der Waals surface area contributed by atoms with Gasteiger partial charge >= 0.3 is 0 Å². The molecule has 1 amide bonds. The van der Waals surface area contributed by atoms with Crippen LogP contribution in [0.1, 0.15) is 35.3 Å². The maximum atomic E-state index is 11.6. The van der Waals surface area contributed by atoms with Crippen molar-refractivity contribution in [2.75, 3.05) is 13.2 Å². The maximum absolute atomic E-state index is 11.6. The second kappa shape index (κ2) is 6.02. The molecular formula is C14H20N2O3. The molecule has 5 nitrogen and oxygen atoms in total. The molecule has 104 valence electrons. The summed E-state index contributed by atoms with van der Waals surface area (Å²) < 4.78 is 7.27. The Morgan fingerprint density at radius 2 is 2.16 bits per heavy atom. The summed E-state index contributed by atoms with van der Waals surface area (Å²) in [4.78, 5) is 22.8. The maximum Gasteiger partial charge on any atom is 0.254 e. The van der Waals surface area contributed by atoms with E-state index in [1.54, 1.807) is 6.20 Å². The van der Waals surface area contributed by atoms with Crippen LogP contribution in [0.3, 0.4) is 0 Å². The van der Waals surface area contributed by atoms with E-state index >= 15 is 0 Å². The number of carbonyl (C=O) groups is 1. The molecule has 2 N–H and O–H groups in total. The number of hydrogen-bond donors (Lipinski definition) is 1. The van der Waals surface area contributed by atoms with Gasteiger partial charge in [-0.1, -0.05) is 0 Å². The average molecular weight is 264 g/mol. The molecule has 2 rings (SSSR count). The van der Waals surface area contributed by atoms with Gasteiger partial charge in [-0.15, -0.1) is 0 Å². The lowest BCUT2D eigenvalue weighted by atomic mass is 9.96. The summed E-state index contributed by atoms with van der Waals surface area (Å²) in [7, 11) is 0. The molecule has 1 aromatic heterocycles. The number of nitrogens with two attached hydrogens (primary N) is 1. The smallest absolute Gasteiger partial charge is 0.254 e. The van der Waals surface area contributed by atoms with Crippen molar-refractivity contribution in [3.05, 3.63) is 33.7 Å². The molecule has 0 aromatic carbocycles. The van der Waals surface area contributed by atoms with Crippen LogP contribution in [0, 0.1) is 12.8 Å². The van der Waals surface area contributed by atoms with Gasteiger partial charge in [0, 0.05) is 37.7 Å². The largest absolute Gasteiger partial charge is 0.381 e. The number of aromatic nitrogens is 1. The zero-order valence-electron chi connectivity index (χ0n) is 11.2. The molecule has 2 heterocycles. The average Bonchev–Trinajstić information content (AvgIpc) is 2.38. The van der Waals surface area contributed by atoms with Gasteiger partial charge in [-0.05, 0) is 32.1 Å². The predicted molar refractivity (Wildman–Crippen MR) is 72.1 cm³/mol. The van der Waals surface area contributed by atoms with Crippen LogP contribution in [0.4, 0.5) is 0 Å². The van der Waals surface area contributed by atoms with Crippen LogP contribution in [0.5, 0.6) is 0 Å². The van der Waals surface area contributed by atoms with Crippen molar-refractivity contribution in [2.45, 2.75) is 32.7 Å². The van der Waals surface area contributed by atoms with Crippen LogP contribution in [-0.2, 0) is 11.3 Å². The zero-order chi connectivity index (χ0) is 13.8. The Morgan fingerprint density at radius 3 is 2.79 bits per heavy atom. The third kappa shape index (κ3) is 3.44. The van der Waals surface area contributed by atoms with Gasteiger partial charge in [0.25, 0.3) is 5.91 Å². The first kappa shape index (κ1) is 13.8. The Balaban J connectivity index is 2.08. The molecule has 5 heteroatoms. The molecule has 0 bridgehead atoms. The minimum absolute atomic E-state index is 0.0672. The van der Waals surface area contributed by atoms with Crippen LogP contribution >= 0.6 is 0 Å². The molecule has 0 saturated carbocycles. The highest BCUT2D eigenvalue weighted by Gasteiger charge is 2.14. The number of ether oxygens (including phenoxy) is 1. The Morgan fingerprint density at radius 1 is 1.47 bits per heavy atom. The highest BCUT2D eigenvalue weighted by atomic mass is 16.5. The second-order valence-corrected chi connectivity index (χ2v) is 5.09. The lowest BCUT2D eigenvalue weighted by Gasteiger charge is -2.23. The van der Waals surface area contributed by atoms with Crippen molar-refractivity contribution >= 4 is 5.91 Å². The molecule has 0 atom stereocenters. The van der Waals surface area contributed by atoms with E-state index < -0.39 is 5.91 Å².